The van der Waals surface area contributed by atoms with Crippen molar-refractivity contribution in [3.8, 4) is 5.75 Å². The molecule has 6 heteroatoms. The number of ether oxygens (including phenoxy) is 1. The van der Waals surface area contributed by atoms with Crippen LogP contribution < -0.4 is 10.2 Å². The molecule has 0 saturated carbocycles. The van der Waals surface area contributed by atoms with Gasteiger partial charge >= 0.3 is 0 Å². The zero-order valence-corrected chi connectivity index (χ0v) is 15.4. The molecule has 1 fully saturated rings. The van der Waals surface area contributed by atoms with Crippen molar-refractivity contribution < 1.29 is 4.74 Å². The zero-order chi connectivity index (χ0) is 18.2. The van der Waals surface area contributed by atoms with E-state index in [1.54, 1.807) is 7.11 Å². The maximum atomic E-state index is 5.53. The minimum absolute atomic E-state index is 0.159. The molecule has 1 saturated heterocycles. The molecule has 1 unspecified atom stereocenters. The molecule has 1 aromatic carbocycles. The third kappa shape index (κ3) is 3.07. The van der Waals surface area contributed by atoms with E-state index < -0.39 is 0 Å². The molecule has 6 nitrogen and oxygen atoms in total. The summed E-state index contributed by atoms with van der Waals surface area (Å²) in [5, 5.41) is 2.28. The lowest BCUT2D eigenvalue weighted by Crippen LogP contribution is -2.47. The molecule has 2 aliphatic heterocycles. The predicted molar refractivity (Wildman–Crippen MR) is 104 cm³/mol. The summed E-state index contributed by atoms with van der Waals surface area (Å²) in [6.07, 6.45) is 6.49. The SMILES string of the molecule is COc1ccccc1C1C=C2CN(Cc3cn4ccccc4n3)CCN2N1. The summed E-state index contributed by atoms with van der Waals surface area (Å²) >= 11 is 0. The van der Waals surface area contributed by atoms with Gasteiger partial charge in [0.15, 0.2) is 0 Å². The van der Waals surface area contributed by atoms with Crippen molar-refractivity contribution >= 4 is 5.65 Å². The number of imidazole rings is 1. The van der Waals surface area contributed by atoms with Crippen LogP contribution >= 0.6 is 0 Å². The Morgan fingerprint density at radius 1 is 1.15 bits per heavy atom. The third-order valence-electron chi connectivity index (χ3n) is 5.30. The number of hydrogen-bond acceptors (Lipinski definition) is 5. The van der Waals surface area contributed by atoms with Crippen LogP contribution in [0.2, 0.25) is 0 Å². The van der Waals surface area contributed by atoms with Crippen LogP contribution in [0.25, 0.3) is 5.65 Å². The van der Waals surface area contributed by atoms with Crippen LogP contribution in [0.4, 0.5) is 0 Å². The lowest BCUT2D eigenvalue weighted by Gasteiger charge is -2.35. The zero-order valence-electron chi connectivity index (χ0n) is 15.4. The molecule has 0 aliphatic carbocycles. The summed E-state index contributed by atoms with van der Waals surface area (Å²) in [6.45, 7) is 3.76. The fraction of sp³-hybridized carbons (Fsp3) is 0.286. The van der Waals surface area contributed by atoms with Crippen molar-refractivity contribution in [3.05, 3.63) is 77.9 Å². The van der Waals surface area contributed by atoms with E-state index in [2.05, 4.69) is 44.1 Å². The van der Waals surface area contributed by atoms with Gasteiger partial charge in [-0.15, -0.1) is 0 Å². The van der Waals surface area contributed by atoms with E-state index in [9.17, 15) is 0 Å². The molecule has 3 aromatic rings. The molecule has 1 atom stereocenters. The highest BCUT2D eigenvalue weighted by atomic mass is 16.5. The fourth-order valence-electron chi connectivity index (χ4n) is 3.98. The molecule has 27 heavy (non-hydrogen) atoms. The molecule has 0 spiro atoms. The van der Waals surface area contributed by atoms with Gasteiger partial charge in [-0.25, -0.2) is 10.4 Å². The molecule has 4 heterocycles. The topological polar surface area (TPSA) is 45.0 Å². The molecule has 2 aliphatic rings. The number of para-hydroxylation sites is 1. The van der Waals surface area contributed by atoms with E-state index in [4.69, 9.17) is 9.72 Å². The molecule has 0 radical (unpaired) electrons. The molecule has 2 aromatic heterocycles. The Morgan fingerprint density at radius 2 is 2.04 bits per heavy atom. The van der Waals surface area contributed by atoms with E-state index in [0.717, 1.165) is 43.3 Å². The van der Waals surface area contributed by atoms with Crippen molar-refractivity contribution in [2.45, 2.75) is 12.6 Å². The van der Waals surface area contributed by atoms with Gasteiger partial charge in [-0.1, -0.05) is 24.3 Å². The number of piperazine rings is 1. The first-order valence-electron chi connectivity index (χ1n) is 9.32. The van der Waals surface area contributed by atoms with Crippen LogP contribution in [0.15, 0.2) is 66.6 Å². The molecule has 0 bridgehead atoms. The van der Waals surface area contributed by atoms with Gasteiger partial charge in [-0.3, -0.25) is 4.90 Å². The Kier molecular flexibility index (Phi) is 4.07. The largest absolute Gasteiger partial charge is 0.496 e. The Bertz CT molecular complexity index is 962. The van der Waals surface area contributed by atoms with Gasteiger partial charge in [0, 0.05) is 49.8 Å². The van der Waals surface area contributed by atoms with Crippen molar-refractivity contribution in [2.75, 3.05) is 26.7 Å². The van der Waals surface area contributed by atoms with Gasteiger partial charge in [0.1, 0.15) is 11.4 Å². The summed E-state index contributed by atoms with van der Waals surface area (Å²) in [7, 11) is 1.73. The number of methoxy groups -OCH3 is 1. The summed E-state index contributed by atoms with van der Waals surface area (Å²) in [5.74, 6) is 0.924. The van der Waals surface area contributed by atoms with Crippen molar-refractivity contribution in [3.63, 3.8) is 0 Å². The average molecular weight is 361 g/mol. The molecular formula is C21H23N5O. The average Bonchev–Trinajstić information content (AvgIpc) is 3.30. The number of hydrazine groups is 1. The highest BCUT2D eigenvalue weighted by Gasteiger charge is 2.30. The van der Waals surface area contributed by atoms with Gasteiger partial charge < -0.3 is 14.1 Å². The smallest absolute Gasteiger partial charge is 0.137 e. The van der Waals surface area contributed by atoms with Gasteiger partial charge in [-0.05, 0) is 24.3 Å². The molecular weight excluding hydrogens is 338 g/mol. The number of rotatable bonds is 4. The number of pyridine rings is 1. The maximum Gasteiger partial charge on any atom is 0.137 e. The van der Waals surface area contributed by atoms with Crippen LogP contribution in [-0.4, -0.2) is 46.0 Å². The minimum atomic E-state index is 0.159. The van der Waals surface area contributed by atoms with E-state index in [0.29, 0.717) is 0 Å². The Balaban J connectivity index is 1.32. The number of fused-ring (bicyclic) bond motifs is 2. The van der Waals surface area contributed by atoms with Gasteiger partial charge in [-0.2, -0.15) is 0 Å². The third-order valence-corrected chi connectivity index (χ3v) is 5.30. The van der Waals surface area contributed by atoms with E-state index in [-0.39, 0.29) is 6.04 Å². The van der Waals surface area contributed by atoms with Crippen LogP contribution in [0.3, 0.4) is 0 Å². The van der Waals surface area contributed by atoms with Crippen molar-refractivity contribution in [1.29, 1.82) is 0 Å². The molecule has 0 amide bonds. The fourth-order valence-corrected chi connectivity index (χ4v) is 3.98. The standard InChI is InChI=1S/C21H23N5O/c1-27-20-7-3-2-6-18(20)19-12-17-15-24(10-11-26(17)23-19)13-16-14-25-9-5-4-8-21(25)22-16/h2-9,12,14,19,23H,10-11,13,15H2,1H3. The van der Waals surface area contributed by atoms with E-state index in [1.165, 1.54) is 11.3 Å². The van der Waals surface area contributed by atoms with Gasteiger partial charge in [0.25, 0.3) is 0 Å². The number of hydrogen-bond donors (Lipinski definition) is 1. The Hall–Kier alpha value is -2.83. The van der Waals surface area contributed by atoms with Crippen molar-refractivity contribution in [2.24, 2.45) is 0 Å². The normalized spacial score (nSPS) is 20.0. The second kappa shape index (κ2) is 6.72. The number of nitrogens with zero attached hydrogens (tertiary/aromatic N) is 4. The maximum absolute atomic E-state index is 5.53. The van der Waals surface area contributed by atoms with Crippen LogP contribution in [0, 0.1) is 0 Å². The van der Waals surface area contributed by atoms with E-state index in [1.807, 2.05) is 36.5 Å². The Morgan fingerprint density at radius 3 is 2.93 bits per heavy atom. The first-order valence-corrected chi connectivity index (χ1v) is 9.32. The lowest BCUT2D eigenvalue weighted by atomic mass is 10.1. The quantitative estimate of drug-likeness (QED) is 0.774. The van der Waals surface area contributed by atoms with Crippen LogP contribution in [0.5, 0.6) is 5.75 Å². The van der Waals surface area contributed by atoms with Gasteiger partial charge in [0.2, 0.25) is 0 Å². The number of aromatic nitrogens is 2. The number of benzene rings is 1. The summed E-state index contributed by atoms with van der Waals surface area (Å²) in [5.41, 5.74) is 8.22. The summed E-state index contributed by atoms with van der Waals surface area (Å²) in [4.78, 5) is 7.19. The first kappa shape index (κ1) is 16.4. The summed E-state index contributed by atoms with van der Waals surface area (Å²) < 4.78 is 7.61. The highest BCUT2D eigenvalue weighted by Crippen LogP contribution is 2.32. The van der Waals surface area contributed by atoms with Crippen LogP contribution in [-0.2, 0) is 6.54 Å². The van der Waals surface area contributed by atoms with Crippen molar-refractivity contribution in [1.82, 2.24) is 24.7 Å². The second-order valence-corrected chi connectivity index (χ2v) is 7.07. The van der Waals surface area contributed by atoms with Crippen LogP contribution in [0.1, 0.15) is 17.3 Å². The number of nitrogens with one attached hydrogen (secondary N) is 1. The predicted octanol–water partition coefficient (Wildman–Crippen LogP) is 2.60. The van der Waals surface area contributed by atoms with Gasteiger partial charge in [0.05, 0.1) is 18.8 Å². The molecule has 5 rings (SSSR count). The second-order valence-electron chi connectivity index (χ2n) is 7.07. The monoisotopic (exact) mass is 361 g/mol. The highest BCUT2D eigenvalue weighted by molar-refractivity contribution is 5.40. The molecule has 138 valence electrons. The Labute approximate surface area is 158 Å². The first-order chi connectivity index (χ1) is 13.3. The summed E-state index contributed by atoms with van der Waals surface area (Å²) in [6, 6.07) is 14.5. The lowest BCUT2D eigenvalue weighted by molar-refractivity contribution is 0.138. The van der Waals surface area contributed by atoms with E-state index >= 15 is 0 Å². The molecule has 1 N–H and O–H groups in total. The minimum Gasteiger partial charge on any atom is -0.496 e.